The number of hydrogen-bond acceptors (Lipinski definition) is 3. The van der Waals surface area contributed by atoms with Crippen molar-refractivity contribution in [3.63, 3.8) is 0 Å². The van der Waals surface area contributed by atoms with E-state index < -0.39 is 0 Å². The van der Waals surface area contributed by atoms with Gasteiger partial charge in [0, 0.05) is 18.9 Å². The van der Waals surface area contributed by atoms with Crippen molar-refractivity contribution in [2.75, 3.05) is 31.1 Å². The number of nitrogens with one attached hydrogen (secondary N) is 1. The third-order valence-electron chi connectivity index (χ3n) is 8.09. The molecule has 178 valence electrons. The third-order valence-corrected chi connectivity index (χ3v) is 8.09. The van der Waals surface area contributed by atoms with Gasteiger partial charge in [-0.2, -0.15) is 0 Å². The van der Waals surface area contributed by atoms with Gasteiger partial charge in [-0.1, -0.05) is 61.5 Å². The van der Waals surface area contributed by atoms with E-state index in [1.165, 1.54) is 12.8 Å². The predicted molar refractivity (Wildman–Crippen MR) is 137 cm³/mol. The number of amides is 2. The van der Waals surface area contributed by atoms with Gasteiger partial charge in [0.05, 0.1) is 12.2 Å². The van der Waals surface area contributed by atoms with Gasteiger partial charge in [-0.3, -0.25) is 9.59 Å². The van der Waals surface area contributed by atoms with Crippen LogP contribution in [0.4, 0.5) is 5.69 Å². The molecule has 0 unspecified atom stereocenters. The summed E-state index contributed by atoms with van der Waals surface area (Å²) >= 11 is 0. The third kappa shape index (κ3) is 4.67. The molecule has 0 atom stereocenters. The van der Waals surface area contributed by atoms with Crippen molar-refractivity contribution in [3.05, 3.63) is 65.2 Å². The molecule has 1 saturated carbocycles. The fourth-order valence-electron chi connectivity index (χ4n) is 5.87. The van der Waals surface area contributed by atoms with Crippen molar-refractivity contribution in [1.82, 2.24) is 10.2 Å². The van der Waals surface area contributed by atoms with E-state index in [-0.39, 0.29) is 17.7 Å². The van der Waals surface area contributed by atoms with E-state index in [1.54, 1.807) is 0 Å². The second-order valence-electron chi connectivity index (χ2n) is 10.2. The molecule has 5 heteroatoms. The first-order valence-electron chi connectivity index (χ1n) is 12.7. The zero-order valence-corrected chi connectivity index (χ0v) is 20.1. The number of piperidine rings is 1. The van der Waals surface area contributed by atoms with Crippen molar-refractivity contribution in [2.45, 2.75) is 45.6 Å². The van der Waals surface area contributed by atoms with E-state index in [9.17, 15) is 9.59 Å². The van der Waals surface area contributed by atoms with Gasteiger partial charge in [0.25, 0.3) is 0 Å². The standard InChI is InChI=1S/C29H35N3O2/c1-2-31-17-14-29(15-18-31)19-25(20-29)28(34)30-16-13-27(33)32-21-24-9-4-3-7-22(24)11-12-23-8-5-6-10-26(23)32/h3-12,25H,2,13-21H2,1H3,(H,30,34)/b12-11-. The Bertz CT molecular complexity index is 1080. The summed E-state index contributed by atoms with van der Waals surface area (Å²) in [5, 5.41) is 3.06. The Morgan fingerprint density at radius 3 is 2.41 bits per heavy atom. The van der Waals surface area contributed by atoms with Crippen molar-refractivity contribution in [3.8, 4) is 0 Å². The minimum absolute atomic E-state index is 0.0369. The lowest BCUT2D eigenvalue weighted by molar-refractivity contribution is -0.135. The highest BCUT2D eigenvalue weighted by Crippen LogP contribution is 2.52. The van der Waals surface area contributed by atoms with Crippen LogP contribution in [0.2, 0.25) is 0 Å². The van der Waals surface area contributed by atoms with E-state index >= 15 is 0 Å². The Morgan fingerprint density at radius 1 is 0.971 bits per heavy atom. The summed E-state index contributed by atoms with van der Waals surface area (Å²) in [7, 11) is 0. The van der Waals surface area contributed by atoms with E-state index in [0.29, 0.717) is 24.9 Å². The van der Waals surface area contributed by atoms with E-state index in [1.807, 2.05) is 41.3 Å². The maximum Gasteiger partial charge on any atom is 0.229 e. The van der Waals surface area contributed by atoms with Crippen molar-refractivity contribution in [2.24, 2.45) is 11.3 Å². The van der Waals surface area contributed by atoms with Crippen LogP contribution in [-0.4, -0.2) is 42.9 Å². The van der Waals surface area contributed by atoms with Crippen LogP contribution < -0.4 is 10.2 Å². The van der Waals surface area contributed by atoms with Crippen LogP contribution in [0, 0.1) is 11.3 Å². The van der Waals surface area contributed by atoms with Crippen molar-refractivity contribution in [1.29, 1.82) is 0 Å². The Hall–Kier alpha value is -2.92. The number of carbonyl (C=O) groups is 2. The molecule has 1 spiro atoms. The van der Waals surface area contributed by atoms with Crippen LogP contribution >= 0.6 is 0 Å². The Kier molecular flexibility index (Phi) is 6.55. The quantitative estimate of drug-likeness (QED) is 0.707. The van der Waals surface area contributed by atoms with Crippen LogP contribution in [0.3, 0.4) is 0 Å². The van der Waals surface area contributed by atoms with E-state index in [2.05, 4.69) is 41.4 Å². The SMILES string of the molecule is CCN1CCC2(CC1)CC(C(=O)NCCC(=O)N1Cc3ccccc3/C=C\c3ccccc31)C2. The fraction of sp³-hybridized carbons (Fsp3) is 0.448. The lowest BCUT2D eigenvalue weighted by atomic mass is 9.57. The van der Waals surface area contributed by atoms with Gasteiger partial charge >= 0.3 is 0 Å². The van der Waals surface area contributed by atoms with Crippen molar-refractivity contribution >= 4 is 29.7 Å². The number of hydrogen-bond donors (Lipinski definition) is 1. The van der Waals surface area contributed by atoms with Gasteiger partial charge in [-0.05, 0) is 73.5 Å². The first-order chi connectivity index (χ1) is 16.6. The highest BCUT2D eigenvalue weighted by atomic mass is 16.2. The van der Waals surface area contributed by atoms with Gasteiger partial charge in [-0.25, -0.2) is 0 Å². The summed E-state index contributed by atoms with van der Waals surface area (Å²) in [6, 6.07) is 16.2. The molecular weight excluding hydrogens is 422 g/mol. The lowest BCUT2D eigenvalue weighted by Crippen LogP contribution is -2.51. The molecule has 2 fully saturated rings. The number of nitrogens with zero attached hydrogens (tertiary/aromatic N) is 2. The normalized spacial score (nSPS) is 20.4. The number of fused-ring (bicyclic) bond motifs is 2. The summed E-state index contributed by atoms with van der Waals surface area (Å²) in [5.74, 6) is 0.273. The molecule has 1 aliphatic carbocycles. The summed E-state index contributed by atoms with van der Waals surface area (Å²) in [6.07, 6.45) is 8.94. The molecule has 1 saturated heterocycles. The second-order valence-corrected chi connectivity index (χ2v) is 10.2. The predicted octanol–water partition coefficient (Wildman–Crippen LogP) is 4.72. The number of likely N-dealkylation sites (tertiary alicyclic amines) is 1. The van der Waals surface area contributed by atoms with Gasteiger partial charge < -0.3 is 15.1 Å². The molecule has 2 aliphatic heterocycles. The molecule has 5 nitrogen and oxygen atoms in total. The molecule has 0 bridgehead atoms. The first kappa shape index (κ1) is 22.9. The Labute approximate surface area is 202 Å². The molecular formula is C29H35N3O2. The first-order valence-corrected chi connectivity index (χ1v) is 12.7. The summed E-state index contributed by atoms with van der Waals surface area (Å²) in [6.45, 7) is 6.59. The number of carbonyl (C=O) groups excluding carboxylic acids is 2. The van der Waals surface area contributed by atoms with Crippen LogP contribution in [0.25, 0.3) is 12.2 Å². The van der Waals surface area contributed by atoms with Crippen LogP contribution in [0.15, 0.2) is 48.5 Å². The minimum atomic E-state index is 0.0369. The number of benzene rings is 2. The van der Waals surface area contributed by atoms with Gasteiger partial charge in [0.2, 0.25) is 11.8 Å². The molecule has 5 rings (SSSR count). The molecule has 34 heavy (non-hydrogen) atoms. The Morgan fingerprint density at radius 2 is 1.65 bits per heavy atom. The molecule has 3 aliphatic rings. The smallest absolute Gasteiger partial charge is 0.229 e. The minimum Gasteiger partial charge on any atom is -0.355 e. The highest BCUT2D eigenvalue weighted by Gasteiger charge is 2.48. The molecule has 2 aromatic carbocycles. The molecule has 2 amide bonds. The van der Waals surface area contributed by atoms with Gasteiger partial charge in [0.15, 0.2) is 0 Å². The number of rotatable bonds is 5. The summed E-state index contributed by atoms with van der Waals surface area (Å²) < 4.78 is 0. The van der Waals surface area contributed by atoms with E-state index in [0.717, 1.165) is 54.9 Å². The lowest BCUT2D eigenvalue weighted by Gasteiger charge is -2.51. The average molecular weight is 458 g/mol. The average Bonchev–Trinajstić information content (AvgIpc) is 2.84. The van der Waals surface area contributed by atoms with Crippen LogP contribution in [0.1, 0.15) is 55.7 Å². The monoisotopic (exact) mass is 457 g/mol. The summed E-state index contributed by atoms with van der Waals surface area (Å²) in [4.78, 5) is 30.4. The maximum absolute atomic E-state index is 13.3. The second kappa shape index (κ2) is 9.75. The van der Waals surface area contributed by atoms with Gasteiger partial charge in [0.1, 0.15) is 0 Å². The maximum atomic E-state index is 13.3. The topological polar surface area (TPSA) is 52.7 Å². The molecule has 0 radical (unpaired) electrons. The van der Waals surface area contributed by atoms with Crippen molar-refractivity contribution < 1.29 is 9.59 Å². The fourth-order valence-corrected chi connectivity index (χ4v) is 5.87. The zero-order valence-electron chi connectivity index (χ0n) is 20.1. The van der Waals surface area contributed by atoms with Gasteiger partial charge in [-0.15, -0.1) is 0 Å². The van der Waals surface area contributed by atoms with E-state index in [4.69, 9.17) is 0 Å². The molecule has 2 aromatic rings. The molecule has 0 aromatic heterocycles. The molecule has 1 N–H and O–H groups in total. The molecule has 2 heterocycles. The van der Waals surface area contributed by atoms with Crippen LogP contribution in [-0.2, 0) is 16.1 Å². The zero-order chi connectivity index (χ0) is 23.5. The Balaban J connectivity index is 1.17. The highest BCUT2D eigenvalue weighted by molar-refractivity contribution is 5.97. The van der Waals surface area contributed by atoms with Crippen LogP contribution in [0.5, 0.6) is 0 Å². The number of anilines is 1. The largest absolute Gasteiger partial charge is 0.355 e. The summed E-state index contributed by atoms with van der Waals surface area (Å²) in [5.41, 5.74) is 4.59. The number of para-hydroxylation sites is 1.